The van der Waals surface area contributed by atoms with Crippen LogP contribution in [0.3, 0.4) is 0 Å². The summed E-state index contributed by atoms with van der Waals surface area (Å²) in [5.41, 5.74) is -2.83. The molecule has 3 heterocycles. The number of nitrogens with zero attached hydrogens (tertiary/aromatic N) is 5. The number of nitrogens with one attached hydrogen (secondary N) is 3. The minimum Gasteiger partial charge on any atom is -0.492 e. The molecule has 0 spiro atoms. The van der Waals surface area contributed by atoms with Gasteiger partial charge >= 0.3 is 6.18 Å². The fraction of sp³-hybridized carbons (Fsp3) is 0.415. The molecule has 6 rings (SSSR count). The maximum atomic E-state index is 14.7. The summed E-state index contributed by atoms with van der Waals surface area (Å²) < 4.78 is 89.7. The van der Waals surface area contributed by atoms with E-state index in [1.807, 2.05) is 11.8 Å². The van der Waals surface area contributed by atoms with Crippen molar-refractivity contribution in [3.63, 3.8) is 0 Å². The molecule has 2 unspecified atom stereocenters. The monoisotopic (exact) mass is 872 g/mol. The highest BCUT2D eigenvalue weighted by Gasteiger charge is 2.51. The Kier molecular flexibility index (Phi) is 13.3. The zero-order valence-electron chi connectivity index (χ0n) is 33.2. The van der Waals surface area contributed by atoms with E-state index in [9.17, 15) is 50.8 Å². The van der Waals surface area contributed by atoms with E-state index < -0.39 is 65.3 Å². The van der Waals surface area contributed by atoms with Gasteiger partial charge in [-0.05, 0) is 94.0 Å². The number of hydrogen-bond donors (Lipinski definition) is 3. The number of thiocarbonyl (C=S) groups is 1. The molecule has 3 aromatic carbocycles. The van der Waals surface area contributed by atoms with Crippen molar-refractivity contribution in [2.24, 2.45) is 0 Å². The number of ether oxygens (including phenoxy) is 1. The molecule has 13 nitrogen and oxygen atoms in total. The Labute approximate surface area is 352 Å². The molecule has 0 aromatic heterocycles. The average molecular weight is 873 g/mol. The van der Waals surface area contributed by atoms with Crippen molar-refractivity contribution in [2.75, 3.05) is 59.8 Å². The van der Waals surface area contributed by atoms with Crippen molar-refractivity contribution < 1.29 is 50.3 Å². The summed E-state index contributed by atoms with van der Waals surface area (Å²) in [5.74, 6) is -2.46. The average Bonchev–Trinajstić information content (AvgIpc) is 3.36. The van der Waals surface area contributed by atoms with Crippen molar-refractivity contribution in [3.8, 4) is 11.8 Å². The minimum atomic E-state index is -4.88. The molecule has 2 atom stereocenters. The zero-order valence-corrected chi connectivity index (χ0v) is 34.1. The second-order valence-electron chi connectivity index (χ2n) is 15.4. The largest absolute Gasteiger partial charge is 0.492 e. The lowest BCUT2D eigenvalue weighted by Gasteiger charge is -2.39. The first kappa shape index (κ1) is 44.8. The number of carbonyl (C=O) groups excluding carboxylic acids is 4. The molecule has 3 aliphatic rings. The Morgan fingerprint density at radius 2 is 1.80 bits per heavy atom. The first-order valence-corrected chi connectivity index (χ1v) is 19.7. The van der Waals surface area contributed by atoms with Crippen LogP contribution in [0, 0.1) is 17.1 Å². The molecule has 3 saturated heterocycles. The number of amides is 4. The Hall–Kier alpha value is -5.78. The van der Waals surface area contributed by atoms with E-state index in [1.165, 1.54) is 61.2 Å². The van der Waals surface area contributed by atoms with E-state index in [0.29, 0.717) is 37.9 Å². The molecule has 3 aliphatic heterocycles. The van der Waals surface area contributed by atoms with Gasteiger partial charge in [-0.15, -0.1) is 0 Å². The summed E-state index contributed by atoms with van der Waals surface area (Å²) in [6, 6.07) is 11.9. The number of rotatable bonds is 13. The van der Waals surface area contributed by atoms with Gasteiger partial charge in [-0.25, -0.2) is 13.2 Å². The van der Waals surface area contributed by atoms with Gasteiger partial charge in [-0.3, -0.25) is 39.2 Å². The van der Waals surface area contributed by atoms with Crippen molar-refractivity contribution >= 4 is 63.7 Å². The molecule has 3 aromatic rings. The van der Waals surface area contributed by atoms with Gasteiger partial charge in [0.25, 0.3) is 5.91 Å². The molecule has 0 radical (unpaired) electrons. The molecular weight excluding hydrogens is 831 g/mol. The van der Waals surface area contributed by atoms with Crippen LogP contribution in [0.4, 0.5) is 49.1 Å². The van der Waals surface area contributed by atoms with Gasteiger partial charge in [0.2, 0.25) is 24.1 Å². The van der Waals surface area contributed by atoms with Crippen molar-refractivity contribution in [1.82, 2.24) is 15.1 Å². The number of piperazine rings is 1. The van der Waals surface area contributed by atoms with Crippen LogP contribution in [0.2, 0.25) is 0 Å². The van der Waals surface area contributed by atoms with Crippen LogP contribution >= 0.6 is 12.2 Å². The Balaban J connectivity index is 1.05. The van der Waals surface area contributed by atoms with E-state index in [1.54, 1.807) is 0 Å². The van der Waals surface area contributed by atoms with Crippen molar-refractivity contribution in [3.05, 3.63) is 77.1 Å². The molecule has 324 valence electrons. The Bertz CT molecular complexity index is 2270. The van der Waals surface area contributed by atoms with Crippen LogP contribution < -0.4 is 30.5 Å². The predicted octanol–water partition coefficient (Wildman–Crippen LogP) is 5.68. The van der Waals surface area contributed by atoms with Crippen LogP contribution in [0.25, 0.3) is 0 Å². The minimum absolute atomic E-state index is 0.0260. The van der Waals surface area contributed by atoms with Crippen LogP contribution in [0.5, 0.6) is 5.75 Å². The fourth-order valence-electron chi connectivity index (χ4n) is 7.54. The molecule has 20 heteroatoms. The number of benzene rings is 3. The quantitative estimate of drug-likeness (QED) is 0.111. The lowest BCUT2D eigenvalue weighted by Crippen LogP contribution is -2.54. The smallest absolute Gasteiger partial charge is 0.417 e. The molecule has 0 aliphatic carbocycles. The maximum Gasteiger partial charge on any atom is 0.417 e. The summed E-state index contributed by atoms with van der Waals surface area (Å²) in [6.07, 6.45) is -7.91. The van der Waals surface area contributed by atoms with Crippen LogP contribution in [0.15, 0.2) is 54.6 Å². The summed E-state index contributed by atoms with van der Waals surface area (Å²) >= 11 is 5.60. The Morgan fingerprint density at radius 1 is 1.07 bits per heavy atom. The highest BCUT2D eigenvalue weighted by atomic mass is 32.1. The number of imide groups is 1. The van der Waals surface area contributed by atoms with Crippen molar-refractivity contribution in [2.45, 2.75) is 70.3 Å². The molecule has 4 amide bonds. The standard InChI is InChI=1S/C41H42F6N8O5S/c1-23-21-52(12-13-53(23)22-36(57)50-32-18-26(5-8-30(32)42)49-31-9-11-35(56)51-37(31)58)14-15-60-33-10-7-28(16-25(33)17-34(43)44)55-39(61)54(38(59)40(55,2)3)27-6-4-24(20-48)29(19-27)41(45,46)47/h4-8,10,16,18-19,23,31,34,49H,9,11-15,17,21-22H2,1-3H3,(H,50,57)(H,51,56,58). The maximum absolute atomic E-state index is 14.7. The summed E-state index contributed by atoms with van der Waals surface area (Å²) in [4.78, 5) is 56.6. The Morgan fingerprint density at radius 3 is 2.48 bits per heavy atom. The number of nitriles is 1. The number of halogens is 6. The highest BCUT2D eigenvalue weighted by Crippen LogP contribution is 2.41. The normalized spacial score (nSPS) is 19.9. The molecule has 0 saturated carbocycles. The molecule has 61 heavy (non-hydrogen) atoms. The van der Waals surface area contributed by atoms with Gasteiger partial charge in [0.05, 0.1) is 35.1 Å². The third kappa shape index (κ3) is 10.1. The third-order valence-corrected chi connectivity index (χ3v) is 11.1. The summed E-state index contributed by atoms with van der Waals surface area (Å²) in [6.45, 7) is 7.00. The second-order valence-corrected chi connectivity index (χ2v) is 15.8. The van der Waals surface area contributed by atoms with Crippen molar-refractivity contribution in [1.29, 1.82) is 5.26 Å². The second kappa shape index (κ2) is 18.1. The number of hydrogen-bond acceptors (Lipinski definition) is 10. The first-order chi connectivity index (χ1) is 28.8. The SMILES string of the molecule is CC1CN(CCOc2ccc(N3C(=S)N(c4ccc(C#N)c(C(F)(F)F)c4)C(=O)C3(C)C)cc2CC(F)F)CCN1CC(=O)Nc1cc(NC2CCC(=O)NC2=O)ccc1F. The number of anilines is 4. The van der Waals surface area contributed by atoms with Gasteiger partial charge in [0.1, 0.15) is 29.8 Å². The van der Waals surface area contributed by atoms with E-state index >= 15 is 0 Å². The number of alkyl halides is 5. The molecule has 0 bridgehead atoms. The zero-order chi connectivity index (χ0) is 44.4. The lowest BCUT2D eigenvalue weighted by molar-refractivity contribution is -0.138. The van der Waals surface area contributed by atoms with Gasteiger partial charge in [0.15, 0.2) is 5.11 Å². The molecular formula is C41H42F6N8O5S. The van der Waals surface area contributed by atoms with Crippen LogP contribution in [-0.2, 0) is 31.8 Å². The lowest BCUT2D eigenvalue weighted by atomic mass is 10.0. The van der Waals surface area contributed by atoms with Gasteiger partial charge in [0, 0.05) is 62.0 Å². The highest BCUT2D eigenvalue weighted by molar-refractivity contribution is 7.81. The molecule has 3 N–H and O–H groups in total. The van der Waals surface area contributed by atoms with E-state index in [-0.39, 0.29) is 71.4 Å². The van der Waals surface area contributed by atoms with Gasteiger partial charge in [-0.2, -0.15) is 18.4 Å². The van der Waals surface area contributed by atoms with Gasteiger partial charge < -0.3 is 20.3 Å². The number of piperidine rings is 1. The number of carbonyl (C=O) groups is 4. The van der Waals surface area contributed by atoms with Crippen LogP contribution in [-0.4, -0.2) is 102 Å². The third-order valence-electron chi connectivity index (χ3n) is 10.7. The fourth-order valence-corrected chi connectivity index (χ4v) is 8.06. The van der Waals surface area contributed by atoms with E-state index in [0.717, 1.165) is 17.0 Å². The molecule has 3 fully saturated rings. The summed E-state index contributed by atoms with van der Waals surface area (Å²) in [7, 11) is 0. The van der Waals surface area contributed by atoms with E-state index in [4.69, 9.17) is 17.0 Å². The predicted molar refractivity (Wildman–Crippen MR) is 217 cm³/mol. The van der Waals surface area contributed by atoms with Gasteiger partial charge in [-0.1, -0.05) is 0 Å². The summed E-state index contributed by atoms with van der Waals surface area (Å²) in [5, 5.41) is 16.8. The topological polar surface area (TPSA) is 150 Å². The van der Waals surface area contributed by atoms with E-state index in [2.05, 4.69) is 20.9 Å². The van der Waals surface area contributed by atoms with Crippen LogP contribution in [0.1, 0.15) is 50.3 Å². The first-order valence-electron chi connectivity index (χ1n) is 19.3.